The molecule has 0 heterocycles. The fourth-order valence-electron chi connectivity index (χ4n) is 3.92. The molecule has 0 amide bonds. The Hall–Kier alpha value is -1.73. The van der Waals surface area contributed by atoms with E-state index in [1.807, 2.05) is 0 Å². The number of rotatable bonds is 7. The Morgan fingerprint density at radius 3 is 1.21 bits per heavy atom. The van der Waals surface area contributed by atoms with Crippen molar-refractivity contribution < 1.29 is 4.74 Å². The third-order valence-corrected chi connectivity index (χ3v) is 13.6. The van der Waals surface area contributed by atoms with Crippen molar-refractivity contribution >= 4 is 31.2 Å². The fraction of sp³-hybridized carbons (Fsp3) is 0.280. The van der Waals surface area contributed by atoms with Gasteiger partial charge in [-0.3, -0.25) is 0 Å². The molecule has 0 fully saturated rings. The molecule has 3 rings (SSSR count). The van der Waals surface area contributed by atoms with Gasteiger partial charge in [0.15, 0.2) is 0 Å². The fourth-order valence-corrected chi connectivity index (χ4v) is 9.64. The Morgan fingerprint density at radius 1 is 0.607 bits per heavy atom. The molecule has 0 bridgehead atoms. The summed E-state index contributed by atoms with van der Waals surface area (Å²) in [4.78, 5) is 0. The van der Waals surface area contributed by atoms with Gasteiger partial charge in [0.2, 0.25) is 0 Å². The van der Waals surface area contributed by atoms with Crippen molar-refractivity contribution in [2.75, 3.05) is 0 Å². The van der Waals surface area contributed by atoms with Crippen LogP contribution in [0.25, 0.3) is 0 Å². The van der Waals surface area contributed by atoms with Crippen LogP contribution in [0, 0.1) is 0 Å². The summed E-state index contributed by atoms with van der Waals surface area (Å²) in [5.41, 5.74) is 0.297. The van der Waals surface area contributed by atoms with Crippen LogP contribution < -0.4 is 15.9 Å². The Bertz CT molecular complexity index is 763. The molecule has 0 aliphatic rings. The quantitative estimate of drug-likeness (QED) is 0.379. The van der Waals surface area contributed by atoms with Crippen molar-refractivity contribution in [1.29, 1.82) is 0 Å². The molecule has 0 radical (unpaired) electrons. The van der Waals surface area contributed by atoms with Gasteiger partial charge in [-0.1, -0.05) is 0 Å². The monoisotopic (exact) mass is 408 g/mol. The first-order valence-electron chi connectivity index (χ1n) is 10.2. The Morgan fingerprint density at radius 2 is 0.929 bits per heavy atom. The molecule has 0 aliphatic heterocycles. The van der Waals surface area contributed by atoms with E-state index in [0.29, 0.717) is 5.73 Å². The van der Waals surface area contributed by atoms with Crippen LogP contribution in [0.2, 0.25) is 19.6 Å². The van der Waals surface area contributed by atoms with E-state index in [9.17, 15) is 0 Å². The molecule has 2 unspecified atom stereocenters. The standard InChI is InChI=1S/C25H33OPSi/c1-21(26-22(2)28(3,4)5)27(23-15-9-6-10-16-23,24-17-11-7-12-18-24)25-19-13-8-14-20-25/h6-22,27H,1-5H3. The minimum atomic E-state index is -2.37. The molecule has 0 saturated carbocycles. The van der Waals surface area contributed by atoms with E-state index in [1.165, 1.54) is 15.9 Å². The molecule has 1 nitrogen and oxygen atoms in total. The minimum absolute atomic E-state index is 0.126. The second-order valence-corrected chi connectivity index (χ2v) is 18.4. The van der Waals surface area contributed by atoms with Crippen LogP contribution in [-0.4, -0.2) is 19.6 Å². The van der Waals surface area contributed by atoms with Gasteiger partial charge in [-0.25, -0.2) is 0 Å². The Balaban J connectivity index is 2.25. The summed E-state index contributed by atoms with van der Waals surface area (Å²) in [6.45, 7) is 11.7. The van der Waals surface area contributed by atoms with Gasteiger partial charge >= 0.3 is 172 Å². The summed E-state index contributed by atoms with van der Waals surface area (Å²) in [6.07, 6.45) is 0. The number of hydrogen-bond donors (Lipinski definition) is 0. The molecular weight excluding hydrogens is 375 g/mol. The second-order valence-electron chi connectivity index (χ2n) is 8.69. The third kappa shape index (κ3) is 4.15. The van der Waals surface area contributed by atoms with Crippen LogP contribution in [-0.2, 0) is 4.74 Å². The molecule has 148 valence electrons. The zero-order valence-corrected chi connectivity index (χ0v) is 19.7. The van der Waals surface area contributed by atoms with Gasteiger partial charge in [0, 0.05) is 0 Å². The molecule has 3 aromatic carbocycles. The zero-order chi connectivity index (χ0) is 20.2. The Labute approximate surface area is 172 Å². The van der Waals surface area contributed by atoms with Crippen molar-refractivity contribution in [2.24, 2.45) is 0 Å². The predicted molar refractivity (Wildman–Crippen MR) is 130 cm³/mol. The summed E-state index contributed by atoms with van der Waals surface area (Å²) in [5.74, 6) is 0.126. The molecule has 0 saturated heterocycles. The summed E-state index contributed by atoms with van der Waals surface area (Å²) in [6, 6.07) is 33.1. The van der Waals surface area contributed by atoms with E-state index in [1.54, 1.807) is 0 Å². The van der Waals surface area contributed by atoms with Crippen molar-refractivity contribution in [3.8, 4) is 0 Å². The molecule has 0 spiro atoms. The van der Waals surface area contributed by atoms with Gasteiger partial charge in [0.25, 0.3) is 0 Å². The van der Waals surface area contributed by atoms with Crippen LogP contribution >= 0.6 is 7.26 Å². The number of hydrogen-bond acceptors (Lipinski definition) is 1. The average Bonchev–Trinajstić information content (AvgIpc) is 2.70. The van der Waals surface area contributed by atoms with Crippen LogP contribution in [0.3, 0.4) is 0 Å². The molecule has 3 heteroatoms. The molecule has 3 aromatic rings. The van der Waals surface area contributed by atoms with Gasteiger partial charge in [0.05, 0.1) is 0 Å². The maximum absolute atomic E-state index is 6.87. The zero-order valence-electron chi connectivity index (χ0n) is 17.7. The van der Waals surface area contributed by atoms with Gasteiger partial charge in [-0.15, -0.1) is 0 Å². The first kappa shape index (κ1) is 21.0. The van der Waals surface area contributed by atoms with Crippen LogP contribution in [0.15, 0.2) is 91.0 Å². The van der Waals surface area contributed by atoms with Gasteiger partial charge in [0.1, 0.15) is 0 Å². The maximum atomic E-state index is 6.87. The molecule has 0 aromatic heterocycles. The van der Waals surface area contributed by atoms with Crippen molar-refractivity contribution in [1.82, 2.24) is 0 Å². The topological polar surface area (TPSA) is 9.23 Å². The van der Waals surface area contributed by atoms with E-state index < -0.39 is 15.3 Å². The van der Waals surface area contributed by atoms with Crippen molar-refractivity contribution in [3.05, 3.63) is 91.0 Å². The second kappa shape index (κ2) is 8.74. The molecule has 0 N–H and O–H groups in total. The first-order valence-corrected chi connectivity index (χ1v) is 15.8. The predicted octanol–water partition coefficient (Wildman–Crippen LogP) is 5.34. The van der Waals surface area contributed by atoms with E-state index in [2.05, 4.69) is 124 Å². The van der Waals surface area contributed by atoms with Gasteiger partial charge < -0.3 is 0 Å². The first-order chi connectivity index (χ1) is 13.4. The van der Waals surface area contributed by atoms with Gasteiger partial charge in [-0.05, 0) is 0 Å². The van der Waals surface area contributed by atoms with Crippen LogP contribution in [0.4, 0.5) is 0 Å². The summed E-state index contributed by atoms with van der Waals surface area (Å²) in [7, 11) is -3.77. The summed E-state index contributed by atoms with van der Waals surface area (Å²) >= 11 is 0. The van der Waals surface area contributed by atoms with E-state index >= 15 is 0 Å². The summed E-state index contributed by atoms with van der Waals surface area (Å²) in [5, 5.41) is 4.22. The van der Waals surface area contributed by atoms with Crippen LogP contribution in [0.5, 0.6) is 0 Å². The van der Waals surface area contributed by atoms with E-state index in [-0.39, 0.29) is 5.85 Å². The van der Waals surface area contributed by atoms with Crippen molar-refractivity contribution in [3.63, 3.8) is 0 Å². The average molecular weight is 409 g/mol. The molecule has 2 atom stereocenters. The Kier molecular flexibility index (Phi) is 6.55. The van der Waals surface area contributed by atoms with E-state index in [4.69, 9.17) is 4.74 Å². The van der Waals surface area contributed by atoms with E-state index in [0.717, 1.165) is 0 Å². The molecule has 0 aliphatic carbocycles. The molecular formula is C25H33OPSi. The van der Waals surface area contributed by atoms with Crippen LogP contribution in [0.1, 0.15) is 13.8 Å². The number of benzene rings is 3. The normalized spacial score (nSPS) is 15.0. The SMILES string of the molecule is CC(OC(C)[PH](c1ccccc1)(c1ccccc1)c1ccccc1)[Si](C)(C)C. The number of ether oxygens (including phenoxy) is 1. The van der Waals surface area contributed by atoms with Crippen molar-refractivity contribution in [2.45, 2.75) is 45.1 Å². The molecule has 28 heavy (non-hydrogen) atoms. The van der Waals surface area contributed by atoms with Gasteiger partial charge in [-0.2, -0.15) is 0 Å². The third-order valence-electron chi connectivity index (χ3n) is 5.93. The summed E-state index contributed by atoms with van der Waals surface area (Å²) < 4.78 is 6.87.